The van der Waals surface area contributed by atoms with Crippen LogP contribution in [0.15, 0.2) is 5.38 Å². The maximum atomic E-state index is 13.9. The lowest BCUT2D eigenvalue weighted by Gasteiger charge is -2.31. The van der Waals surface area contributed by atoms with Crippen LogP contribution >= 0.6 is 11.3 Å². The van der Waals surface area contributed by atoms with Crippen LogP contribution < -0.4 is 5.32 Å². The fourth-order valence-corrected chi connectivity index (χ4v) is 7.12. The molecule has 1 N–H and O–H groups in total. The van der Waals surface area contributed by atoms with E-state index in [1.165, 1.54) is 16.9 Å². The Morgan fingerprint density at radius 2 is 1.83 bits per heavy atom. The minimum Gasteiger partial charge on any atom is -0.354 e. The molecule has 0 radical (unpaired) electrons. The zero-order chi connectivity index (χ0) is 25.7. The van der Waals surface area contributed by atoms with Crippen molar-refractivity contribution in [2.24, 2.45) is 5.92 Å². The summed E-state index contributed by atoms with van der Waals surface area (Å²) in [5.41, 5.74) is 1.97. The van der Waals surface area contributed by atoms with Crippen molar-refractivity contribution < 1.29 is 14.4 Å². The average Bonchev–Trinajstić information content (AvgIpc) is 3.48. The van der Waals surface area contributed by atoms with Gasteiger partial charge in [-0.25, -0.2) is 0 Å². The molecule has 2 saturated heterocycles. The monoisotopic (exact) mass is 516 g/mol. The number of hydrogen-bond acceptors (Lipinski definition) is 5. The van der Waals surface area contributed by atoms with Crippen LogP contribution in [0, 0.1) is 5.92 Å². The van der Waals surface area contributed by atoms with Crippen LogP contribution in [0.1, 0.15) is 86.5 Å². The van der Waals surface area contributed by atoms with E-state index in [9.17, 15) is 14.4 Å². The minimum absolute atomic E-state index is 0.0326. The number of rotatable bonds is 4. The van der Waals surface area contributed by atoms with E-state index in [0.717, 1.165) is 63.7 Å². The van der Waals surface area contributed by atoms with Crippen LogP contribution in [0.5, 0.6) is 0 Å². The SMILES string of the molecule is CCN1CCCCNC(=O)[C@@H]2C[C@@H](CN2C(=O)c2csc3c2CCCC3)N(C(=O)CC(C)C)CCC1. The van der Waals surface area contributed by atoms with Crippen molar-refractivity contribution in [2.75, 3.05) is 39.3 Å². The van der Waals surface area contributed by atoms with Gasteiger partial charge in [-0.2, -0.15) is 0 Å². The molecule has 2 fully saturated rings. The highest BCUT2D eigenvalue weighted by molar-refractivity contribution is 7.10. The van der Waals surface area contributed by atoms with E-state index in [0.29, 0.717) is 32.5 Å². The first-order valence-electron chi connectivity index (χ1n) is 14.1. The summed E-state index contributed by atoms with van der Waals surface area (Å²) in [6, 6.07) is -0.644. The Morgan fingerprint density at radius 3 is 2.61 bits per heavy atom. The highest BCUT2D eigenvalue weighted by Crippen LogP contribution is 2.33. The van der Waals surface area contributed by atoms with E-state index in [2.05, 4.69) is 31.0 Å². The zero-order valence-electron chi connectivity index (χ0n) is 22.4. The summed E-state index contributed by atoms with van der Waals surface area (Å²) >= 11 is 1.69. The van der Waals surface area contributed by atoms with E-state index < -0.39 is 6.04 Å². The van der Waals surface area contributed by atoms with Crippen molar-refractivity contribution in [2.45, 2.75) is 90.6 Å². The van der Waals surface area contributed by atoms with Crippen LogP contribution in [0.2, 0.25) is 0 Å². The van der Waals surface area contributed by atoms with Crippen molar-refractivity contribution in [1.82, 2.24) is 20.0 Å². The lowest BCUT2D eigenvalue weighted by molar-refractivity contribution is -0.134. The number of aryl methyl sites for hydroxylation is 1. The fraction of sp³-hybridized carbons (Fsp3) is 0.750. The van der Waals surface area contributed by atoms with Gasteiger partial charge < -0.3 is 20.0 Å². The smallest absolute Gasteiger partial charge is 0.255 e. The van der Waals surface area contributed by atoms with Gasteiger partial charge in [0.2, 0.25) is 11.8 Å². The molecule has 2 aliphatic heterocycles. The average molecular weight is 517 g/mol. The molecule has 3 aliphatic rings. The van der Waals surface area contributed by atoms with Gasteiger partial charge >= 0.3 is 0 Å². The van der Waals surface area contributed by atoms with Gasteiger partial charge in [0.15, 0.2) is 0 Å². The molecule has 0 unspecified atom stereocenters. The second kappa shape index (κ2) is 12.5. The van der Waals surface area contributed by atoms with Gasteiger partial charge in [0, 0.05) is 36.3 Å². The van der Waals surface area contributed by atoms with Gasteiger partial charge in [-0.3, -0.25) is 14.4 Å². The molecule has 36 heavy (non-hydrogen) atoms. The number of amides is 3. The van der Waals surface area contributed by atoms with Gasteiger partial charge in [0.05, 0.1) is 11.6 Å². The van der Waals surface area contributed by atoms with E-state index in [-0.39, 0.29) is 29.7 Å². The van der Waals surface area contributed by atoms with Gasteiger partial charge in [0.25, 0.3) is 5.91 Å². The molecule has 1 aromatic heterocycles. The zero-order valence-corrected chi connectivity index (χ0v) is 23.2. The van der Waals surface area contributed by atoms with Gasteiger partial charge in [-0.15, -0.1) is 11.3 Å². The Labute approximate surface area is 220 Å². The number of likely N-dealkylation sites (tertiary alicyclic amines) is 1. The van der Waals surface area contributed by atoms with Crippen molar-refractivity contribution >= 4 is 29.1 Å². The molecular formula is C28H44N4O3S. The second-order valence-corrected chi connectivity index (χ2v) is 12.1. The highest BCUT2D eigenvalue weighted by Gasteiger charge is 2.43. The number of carbonyl (C=O) groups excluding carboxylic acids is 3. The summed E-state index contributed by atoms with van der Waals surface area (Å²) in [4.78, 5) is 48.2. The Kier molecular flexibility index (Phi) is 9.45. The van der Waals surface area contributed by atoms with Crippen LogP contribution in [0.3, 0.4) is 0 Å². The summed E-state index contributed by atoms with van der Waals surface area (Å²) in [6.45, 7) is 11.0. The molecular weight excluding hydrogens is 472 g/mol. The van der Waals surface area contributed by atoms with Crippen molar-refractivity contribution in [3.8, 4) is 0 Å². The molecule has 2 atom stereocenters. The Morgan fingerprint density at radius 1 is 1.06 bits per heavy atom. The highest BCUT2D eigenvalue weighted by atomic mass is 32.1. The maximum Gasteiger partial charge on any atom is 0.255 e. The molecule has 0 saturated carbocycles. The number of fused-ring (bicyclic) bond motifs is 3. The molecule has 3 amide bonds. The first-order chi connectivity index (χ1) is 17.4. The minimum atomic E-state index is -0.522. The normalized spacial score (nSPS) is 24.4. The van der Waals surface area contributed by atoms with E-state index >= 15 is 0 Å². The third kappa shape index (κ3) is 6.31. The lowest BCUT2D eigenvalue weighted by atomic mass is 9.95. The summed E-state index contributed by atoms with van der Waals surface area (Å²) < 4.78 is 0. The number of nitrogens with zero attached hydrogens (tertiary/aromatic N) is 3. The number of carbonyl (C=O) groups is 3. The van der Waals surface area contributed by atoms with E-state index in [4.69, 9.17) is 0 Å². The van der Waals surface area contributed by atoms with Crippen molar-refractivity contribution in [3.05, 3.63) is 21.4 Å². The molecule has 7 nitrogen and oxygen atoms in total. The van der Waals surface area contributed by atoms with Crippen LogP contribution in [-0.2, 0) is 22.4 Å². The molecule has 4 rings (SSSR count). The summed E-state index contributed by atoms with van der Waals surface area (Å²) in [6.07, 6.45) is 8.18. The van der Waals surface area contributed by atoms with Gasteiger partial charge in [-0.1, -0.05) is 20.8 Å². The number of hydrogen-bond donors (Lipinski definition) is 1. The number of thiophene rings is 1. The topological polar surface area (TPSA) is 73.0 Å². The van der Waals surface area contributed by atoms with Crippen molar-refractivity contribution in [1.29, 1.82) is 0 Å². The summed E-state index contributed by atoms with van der Waals surface area (Å²) in [7, 11) is 0. The fourth-order valence-electron chi connectivity index (χ4n) is 6.00. The maximum absolute atomic E-state index is 13.9. The quantitative estimate of drug-likeness (QED) is 0.662. The van der Waals surface area contributed by atoms with Crippen LogP contribution in [0.4, 0.5) is 0 Å². The van der Waals surface area contributed by atoms with E-state index in [1.807, 2.05) is 10.3 Å². The van der Waals surface area contributed by atoms with Crippen LogP contribution in [0.25, 0.3) is 0 Å². The molecule has 0 spiro atoms. The van der Waals surface area contributed by atoms with Crippen molar-refractivity contribution in [3.63, 3.8) is 0 Å². The predicted molar refractivity (Wildman–Crippen MR) is 144 cm³/mol. The third-order valence-corrected chi connectivity index (χ3v) is 9.09. The lowest BCUT2D eigenvalue weighted by Crippen LogP contribution is -2.46. The first kappa shape index (κ1) is 27.1. The molecule has 1 aromatic rings. The molecule has 0 aromatic carbocycles. The van der Waals surface area contributed by atoms with Crippen LogP contribution in [-0.4, -0.2) is 83.8 Å². The van der Waals surface area contributed by atoms with Gasteiger partial charge in [-0.05, 0) is 82.5 Å². The molecule has 2 bridgehead atoms. The molecule has 1 aliphatic carbocycles. The largest absolute Gasteiger partial charge is 0.354 e. The Hall–Kier alpha value is -1.93. The Balaban J connectivity index is 1.60. The molecule has 3 heterocycles. The predicted octanol–water partition coefficient (Wildman–Crippen LogP) is 3.71. The summed E-state index contributed by atoms with van der Waals surface area (Å²) in [5.74, 6) is 0.310. The van der Waals surface area contributed by atoms with Gasteiger partial charge in [0.1, 0.15) is 6.04 Å². The molecule has 200 valence electrons. The Bertz CT molecular complexity index is 930. The van der Waals surface area contributed by atoms with E-state index in [1.54, 1.807) is 16.2 Å². The third-order valence-electron chi connectivity index (χ3n) is 8.00. The summed E-state index contributed by atoms with van der Waals surface area (Å²) in [5, 5.41) is 5.12. The first-order valence-corrected chi connectivity index (χ1v) is 15.0. The second-order valence-electron chi connectivity index (χ2n) is 11.1. The molecule has 8 heteroatoms. The standard InChI is InChI=1S/C28H44N4O3S/c1-4-30-13-8-7-12-29-27(34)24-17-21(31(15-9-14-30)26(33)16-20(2)3)18-32(24)28(35)23-19-36-25-11-6-5-10-22(23)25/h19-21,24H,4-18H2,1-3H3,(H,29,34)/t21-,24-/m0/s1. The number of nitrogens with one attached hydrogen (secondary N) is 1.